The van der Waals surface area contributed by atoms with Crippen molar-refractivity contribution in [1.29, 1.82) is 0 Å². The Labute approximate surface area is 116 Å². The van der Waals surface area contributed by atoms with Crippen molar-refractivity contribution < 1.29 is 93.7 Å². The molecule has 0 aromatic heterocycles. The maximum atomic E-state index is 8.74. The van der Waals surface area contributed by atoms with Crippen molar-refractivity contribution >= 4 is 23.9 Å². The van der Waals surface area contributed by atoms with Crippen LogP contribution < -0.4 is 65.4 Å². The van der Waals surface area contributed by atoms with Gasteiger partial charge in [-0.3, -0.25) is 9.11 Å². The topological polar surface area (TPSA) is 144 Å². The van der Waals surface area contributed by atoms with E-state index in [0.717, 1.165) is 0 Å². The van der Waals surface area contributed by atoms with E-state index in [-0.39, 0.29) is 64.9 Å². The molecule has 2 N–H and O–H groups in total. The van der Waals surface area contributed by atoms with Crippen LogP contribution in [0.4, 0.5) is 0 Å². The molecule has 0 rings (SSSR count). The first kappa shape index (κ1) is 23.1. The quantitative estimate of drug-likeness (QED) is 0.323. The molecule has 0 saturated carbocycles. The molecule has 66 valence electrons. The first-order valence-electron chi connectivity index (χ1n) is 1.16. The van der Waals surface area contributed by atoms with Crippen LogP contribution in [0.15, 0.2) is 0 Å². The molecular weight excluding hydrogens is 251 g/mol. The molecule has 0 aromatic rings. The molecular formula is H4ClKO7S2. The van der Waals surface area contributed by atoms with Gasteiger partial charge in [0.25, 0.3) is 0 Å². The van der Waals surface area contributed by atoms with Gasteiger partial charge in [-0.1, -0.05) is 0 Å². The van der Waals surface area contributed by atoms with Crippen molar-refractivity contribution in [2.24, 2.45) is 0 Å². The van der Waals surface area contributed by atoms with E-state index in [9.17, 15) is 0 Å². The molecule has 0 saturated heterocycles. The largest absolute Gasteiger partial charge is 1.00 e. The minimum Gasteiger partial charge on any atom is -0.357 e. The third kappa shape index (κ3) is 294. The van der Waals surface area contributed by atoms with E-state index in [4.69, 9.17) is 31.5 Å². The van der Waals surface area contributed by atoms with Crippen molar-refractivity contribution in [3.63, 3.8) is 0 Å². The summed E-state index contributed by atoms with van der Waals surface area (Å²) in [5.74, 6) is 0. The van der Waals surface area contributed by atoms with Gasteiger partial charge in [-0.25, -0.2) is 0 Å². The van der Waals surface area contributed by atoms with E-state index >= 15 is 0 Å². The number of halogens is 1. The molecule has 7 nitrogen and oxygen atoms in total. The van der Waals surface area contributed by atoms with Crippen molar-refractivity contribution in [3.8, 4) is 0 Å². The van der Waals surface area contributed by atoms with E-state index in [1.54, 1.807) is 0 Å². The second kappa shape index (κ2) is 12.0. The second-order valence-corrected chi connectivity index (χ2v) is 1.91. The van der Waals surface area contributed by atoms with E-state index in [1.807, 2.05) is 0 Å². The third-order valence-electron chi connectivity index (χ3n) is 0. The Morgan fingerprint density at radius 2 is 1.09 bits per heavy atom. The summed E-state index contributed by atoms with van der Waals surface area (Å²) in [6, 6.07) is 0. The van der Waals surface area contributed by atoms with E-state index in [2.05, 4.69) is 0 Å². The minimum atomic E-state index is -4.67. The Morgan fingerprint density at radius 3 is 1.09 bits per heavy atom. The molecule has 0 aliphatic carbocycles. The van der Waals surface area contributed by atoms with Gasteiger partial charge in [0, 0.05) is 0 Å². The van der Waals surface area contributed by atoms with Crippen LogP contribution in [0, 0.1) is 10.8 Å². The van der Waals surface area contributed by atoms with Crippen LogP contribution in [0.3, 0.4) is 0 Å². The van der Waals surface area contributed by atoms with Gasteiger partial charge < -0.3 is 14.0 Å². The van der Waals surface area contributed by atoms with Crippen molar-refractivity contribution in [3.05, 3.63) is 0 Å². The molecule has 0 atom stereocenters. The van der Waals surface area contributed by atoms with E-state index in [0.29, 0.717) is 0 Å². The summed E-state index contributed by atoms with van der Waals surface area (Å²) in [5.41, 5.74) is 0. The summed E-state index contributed by atoms with van der Waals surface area (Å²) < 4.78 is 56.8. The average Bonchev–Trinajstić information content (AvgIpc) is 1.19. The molecule has 0 aliphatic heterocycles. The predicted octanol–water partition coefficient (Wildman–Crippen LogP) is -7.10. The number of hydrogen-bond acceptors (Lipinski definition) is 5. The van der Waals surface area contributed by atoms with Crippen LogP contribution in [-0.4, -0.2) is 17.5 Å². The summed E-state index contributed by atoms with van der Waals surface area (Å²) in [5, 5.41) is 0. The fourth-order valence-electron chi connectivity index (χ4n) is 0. The molecule has 11 heteroatoms. The van der Waals surface area contributed by atoms with Crippen LogP contribution in [0.2, 0.25) is 0 Å². The normalized spacial score (nSPS) is 8.55. The molecule has 0 bridgehead atoms. The van der Waals surface area contributed by atoms with Crippen LogP contribution in [0.5, 0.6) is 0 Å². The van der Waals surface area contributed by atoms with E-state index in [1.165, 1.54) is 0 Å². The molecule has 0 unspecified atom stereocenters. The average molecular weight is 255 g/mol. The summed E-state index contributed by atoms with van der Waals surface area (Å²) in [7, 11) is -7.52. The van der Waals surface area contributed by atoms with Gasteiger partial charge in [0.1, 0.15) is 0 Å². The SMILES string of the molecule is O=S(=O)(O)O.S.[K+].[O-][Cl+2]([O-])[O-]. The van der Waals surface area contributed by atoms with Crippen LogP contribution in [-0.2, 0) is 10.4 Å². The molecule has 0 amide bonds. The molecule has 0 radical (unpaired) electrons. The predicted molar refractivity (Wildman–Crippen MR) is 24.6 cm³/mol. The summed E-state index contributed by atoms with van der Waals surface area (Å²) >= 11 is 0. The molecule has 0 fully saturated rings. The van der Waals surface area contributed by atoms with Gasteiger partial charge in [0.05, 0.1) is 10.8 Å². The Balaban J connectivity index is -0.0000000383. The maximum Gasteiger partial charge on any atom is 1.00 e. The van der Waals surface area contributed by atoms with E-state index < -0.39 is 21.2 Å². The zero-order valence-corrected chi connectivity index (χ0v) is 10.9. The van der Waals surface area contributed by atoms with Crippen LogP contribution in [0.25, 0.3) is 0 Å². The fraction of sp³-hybridized carbons (Fsp3) is 0. The second-order valence-electron chi connectivity index (χ2n) is 0.637. The number of hydrogen-bond donors (Lipinski definition) is 2. The first-order chi connectivity index (χ1) is 3.73. The van der Waals surface area contributed by atoms with Gasteiger partial charge in [-0.05, 0) is 0 Å². The summed E-state index contributed by atoms with van der Waals surface area (Å²) in [6.07, 6.45) is 0. The molecule has 0 spiro atoms. The smallest absolute Gasteiger partial charge is 0.357 e. The van der Waals surface area contributed by atoms with Gasteiger partial charge in [0.2, 0.25) is 0 Å². The zero-order valence-electron chi connectivity index (χ0n) is 5.22. The summed E-state index contributed by atoms with van der Waals surface area (Å²) in [4.78, 5) is 0. The van der Waals surface area contributed by atoms with Crippen molar-refractivity contribution in [2.75, 3.05) is 0 Å². The van der Waals surface area contributed by atoms with Crippen LogP contribution in [0.1, 0.15) is 0 Å². The Morgan fingerprint density at radius 1 is 1.09 bits per heavy atom. The van der Waals surface area contributed by atoms with Gasteiger partial charge in [-0.2, -0.15) is 21.9 Å². The Kier molecular flexibility index (Phi) is 25.3. The van der Waals surface area contributed by atoms with Crippen molar-refractivity contribution in [2.45, 2.75) is 0 Å². The maximum absolute atomic E-state index is 8.74. The summed E-state index contributed by atoms with van der Waals surface area (Å²) in [6.45, 7) is 0. The van der Waals surface area contributed by atoms with Gasteiger partial charge >= 0.3 is 61.8 Å². The standard InChI is InChI=1S/ClO3.K.H2O4S.H2S/c2-1(3)4;;1-5(2,3)4;/h;;(H2,1,2,3,4);1H2/q-1;+1;;. The first-order valence-corrected chi connectivity index (χ1v) is 3.48. The fourth-order valence-corrected chi connectivity index (χ4v) is 0. The molecule has 0 aromatic carbocycles. The monoisotopic (exact) mass is 254 g/mol. The van der Waals surface area contributed by atoms with Gasteiger partial charge in [-0.15, -0.1) is 0 Å². The van der Waals surface area contributed by atoms with Crippen molar-refractivity contribution in [1.82, 2.24) is 0 Å². The Hall–Kier alpha value is 2.03. The van der Waals surface area contributed by atoms with Gasteiger partial charge in [0.15, 0.2) is 0 Å². The number of rotatable bonds is 0. The zero-order chi connectivity index (χ0) is 8.08. The molecule has 11 heavy (non-hydrogen) atoms. The molecule has 0 aliphatic rings. The Bertz CT molecular complexity index is 128. The minimum absolute atomic E-state index is 0. The molecule has 0 heterocycles. The van der Waals surface area contributed by atoms with Crippen LogP contribution >= 0.6 is 13.5 Å². The third-order valence-corrected chi connectivity index (χ3v) is 0.